The fourth-order valence-electron chi connectivity index (χ4n) is 2.60. The van der Waals surface area contributed by atoms with Crippen LogP contribution in [0.5, 0.6) is 5.75 Å². The Labute approximate surface area is 176 Å². The number of hydrogen-bond donors (Lipinski definition) is 0. The molecule has 0 radical (unpaired) electrons. The van der Waals surface area contributed by atoms with E-state index >= 15 is 0 Å². The molecule has 0 aromatic heterocycles. The summed E-state index contributed by atoms with van der Waals surface area (Å²) < 4.78 is 31.8. The number of halogens is 1. The van der Waals surface area contributed by atoms with Gasteiger partial charge in [-0.2, -0.15) is 9.57 Å². The molecular weight excluding hydrogens is 414 g/mol. The van der Waals surface area contributed by atoms with Gasteiger partial charge in [-0.25, -0.2) is 8.42 Å². The van der Waals surface area contributed by atoms with Gasteiger partial charge in [0.15, 0.2) is 0 Å². The first-order valence-corrected chi connectivity index (χ1v) is 10.7. The highest BCUT2D eigenvalue weighted by molar-refractivity contribution is 7.89. The minimum Gasteiger partial charge on any atom is -0.494 e. The summed E-state index contributed by atoms with van der Waals surface area (Å²) in [4.78, 5) is 14.3. The zero-order valence-electron chi connectivity index (χ0n) is 16.2. The number of carbonyl (C=O) groups is 1. The normalized spacial score (nSPS) is 11.1. The Morgan fingerprint density at radius 2 is 1.76 bits per heavy atom. The van der Waals surface area contributed by atoms with Crippen LogP contribution in [0.25, 0.3) is 0 Å². The van der Waals surface area contributed by atoms with E-state index in [2.05, 4.69) is 0 Å². The molecule has 7 nitrogen and oxygen atoms in total. The molecule has 2 rings (SSSR count). The lowest BCUT2D eigenvalue weighted by Crippen LogP contribution is -2.41. The molecule has 0 aliphatic heterocycles. The van der Waals surface area contributed by atoms with Gasteiger partial charge in [0.2, 0.25) is 15.9 Å². The highest BCUT2D eigenvalue weighted by Gasteiger charge is 2.26. The molecule has 0 bridgehead atoms. The number of anilines is 1. The molecule has 0 unspecified atom stereocenters. The molecular formula is C20H22ClN3O4S. The standard InChI is InChI=1S/C20H22ClN3O4S/c1-3-28-18-9-7-17(8-10-18)24(14-4-13-22)20(25)15-23(2)29(26,27)19-11-5-16(21)6-12-19/h5-12H,3-4,14-15H2,1-2H3. The molecule has 0 atom stereocenters. The van der Waals surface area contributed by atoms with Crippen molar-refractivity contribution in [3.05, 3.63) is 53.6 Å². The Balaban J connectivity index is 2.20. The number of hydrogen-bond acceptors (Lipinski definition) is 5. The van der Waals surface area contributed by atoms with Crippen LogP contribution >= 0.6 is 11.6 Å². The van der Waals surface area contributed by atoms with Crippen LogP contribution in [0.15, 0.2) is 53.4 Å². The third kappa shape index (κ3) is 5.94. The molecule has 154 valence electrons. The minimum absolute atomic E-state index is 0.0434. The van der Waals surface area contributed by atoms with E-state index in [9.17, 15) is 13.2 Å². The lowest BCUT2D eigenvalue weighted by molar-refractivity contribution is -0.118. The summed E-state index contributed by atoms with van der Waals surface area (Å²) in [6.07, 6.45) is 0.118. The Bertz CT molecular complexity index is 970. The number of benzene rings is 2. The van der Waals surface area contributed by atoms with Gasteiger partial charge >= 0.3 is 0 Å². The highest BCUT2D eigenvalue weighted by atomic mass is 35.5. The van der Waals surface area contributed by atoms with Gasteiger partial charge in [-0.05, 0) is 55.5 Å². The maximum absolute atomic E-state index is 12.9. The van der Waals surface area contributed by atoms with Crippen LogP contribution in [0.4, 0.5) is 5.69 Å². The summed E-state index contributed by atoms with van der Waals surface area (Å²) in [6, 6.07) is 14.6. The number of nitriles is 1. The fraction of sp³-hybridized carbons (Fsp3) is 0.300. The van der Waals surface area contributed by atoms with Crippen LogP contribution in [-0.2, 0) is 14.8 Å². The van der Waals surface area contributed by atoms with Crippen LogP contribution < -0.4 is 9.64 Å². The molecule has 0 N–H and O–H groups in total. The smallest absolute Gasteiger partial charge is 0.243 e. The van der Waals surface area contributed by atoms with Gasteiger partial charge in [0.25, 0.3) is 0 Å². The Morgan fingerprint density at radius 3 is 2.31 bits per heavy atom. The van der Waals surface area contributed by atoms with E-state index in [1.54, 1.807) is 24.3 Å². The third-order valence-corrected chi connectivity index (χ3v) is 6.16. The van der Waals surface area contributed by atoms with Crippen molar-refractivity contribution in [2.75, 3.05) is 31.6 Å². The molecule has 2 aromatic carbocycles. The summed E-state index contributed by atoms with van der Waals surface area (Å²) in [5, 5.41) is 9.33. The second-order valence-electron chi connectivity index (χ2n) is 6.10. The molecule has 0 aliphatic carbocycles. The van der Waals surface area contributed by atoms with Crippen molar-refractivity contribution < 1.29 is 17.9 Å². The topological polar surface area (TPSA) is 90.7 Å². The maximum atomic E-state index is 12.9. The summed E-state index contributed by atoms with van der Waals surface area (Å²) in [5.41, 5.74) is 0.561. The lowest BCUT2D eigenvalue weighted by Gasteiger charge is -2.25. The van der Waals surface area contributed by atoms with Crippen LogP contribution in [0.1, 0.15) is 13.3 Å². The SMILES string of the molecule is CCOc1ccc(N(CCC#N)C(=O)CN(C)S(=O)(=O)c2ccc(Cl)cc2)cc1. The van der Waals surface area contributed by atoms with Gasteiger partial charge < -0.3 is 9.64 Å². The zero-order chi connectivity index (χ0) is 21.4. The first-order chi connectivity index (χ1) is 13.8. The summed E-state index contributed by atoms with van der Waals surface area (Å²) in [6.45, 7) is 2.17. The van der Waals surface area contributed by atoms with Gasteiger partial charge in [0.05, 0.1) is 30.5 Å². The zero-order valence-corrected chi connectivity index (χ0v) is 17.8. The molecule has 0 saturated heterocycles. The predicted molar refractivity (Wildman–Crippen MR) is 111 cm³/mol. The van der Waals surface area contributed by atoms with Crippen molar-refractivity contribution in [3.8, 4) is 11.8 Å². The largest absolute Gasteiger partial charge is 0.494 e. The van der Waals surface area contributed by atoms with Gasteiger partial charge in [-0.3, -0.25) is 4.79 Å². The minimum atomic E-state index is -3.86. The van der Waals surface area contributed by atoms with E-state index < -0.39 is 15.9 Å². The summed E-state index contributed by atoms with van der Waals surface area (Å²) in [5.74, 6) is 0.218. The Hall–Kier alpha value is -2.60. The molecule has 0 aliphatic rings. The molecule has 29 heavy (non-hydrogen) atoms. The third-order valence-electron chi connectivity index (χ3n) is 4.09. The van der Waals surface area contributed by atoms with E-state index in [1.807, 2.05) is 13.0 Å². The number of amides is 1. The molecule has 0 heterocycles. The van der Waals surface area contributed by atoms with Crippen LogP contribution in [0, 0.1) is 11.3 Å². The average molecular weight is 436 g/mol. The molecule has 0 saturated carbocycles. The van der Waals surface area contributed by atoms with E-state index in [1.165, 1.54) is 36.2 Å². The van der Waals surface area contributed by atoms with E-state index in [0.717, 1.165) is 4.31 Å². The molecule has 2 aromatic rings. The second-order valence-corrected chi connectivity index (χ2v) is 8.58. The fourth-order valence-corrected chi connectivity index (χ4v) is 3.84. The first kappa shape index (κ1) is 22.7. The lowest BCUT2D eigenvalue weighted by atomic mass is 10.2. The van der Waals surface area contributed by atoms with E-state index in [4.69, 9.17) is 21.6 Å². The number of rotatable bonds is 9. The van der Waals surface area contributed by atoms with E-state index in [0.29, 0.717) is 23.1 Å². The molecule has 9 heteroatoms. The van der Waals surface area contributed by atoms with Crippen molar-refractivity contribution in [3.63, 3.8) is 0 Å². The van der Waals surface area contributed by atoms with Gasteiger partial charge in [-0.1, -0.05) is 11.6 Å². The number of carbonyl (C=O) groups excluding carboxylic acids is 1. The van der Waals surface area contributed by atoms with Crippen LogP contribution in [0.2, 0.25) is 5.02 Å². The van der Waals surface area contributed by atoms with Gasteiger partial charge in [-0.15, -0.1) is 0 Å². The van der Waals surface area contributed by atoms with Crippen molar-refractivity contribution in [1.82, 2.24) is 4.31 Å². The Kier molecular flexibility index (Phi) is 8.02. The highest BCUT2D eigenvalue weighted by Crippen LogP contribution is 2.22. The average Bonchev–Trinajstić information content (AvgIpc) is 2.70. The first-order valence-electron chi connectivity index (χ1n) is 8.91. The maximum Gasteiger partial charge on any atom is 0.243 e. The summed E-state index contributed by atoms with van der Waals surface area (Å²) >= 11 is 5.81. The number of sulfonamides is 1. The molecule has 0 fully saturated rings. The van der Waals surface area contributed by atoms with Crippen molar-refractivity contribution in [2.45, 2.75) is 18.2 Å². The predicted octanol–water partition coefficient (Wildman–Crippen LogP) is 3.31. The van der Waals surface area contributed by atoms with Crippen LogP contribution in [-0.4, -0.2) is 45.4 Å². The van der Waals surface area contributed by atoms with Crippen LogP contribution in [0.3, 0.4) is 0 Å². The number of nitrogens with zero attached hydrogens (tertiary/aromatic N) is 3. The number of likely N-dealkylation sites (N-methyl/N-ethyl adjacent to an activating group) is 1. The van der Waals surface area contributed by atoms with Gasteiger partial charge in [0, 0.05) is 24.3 Å². The monoisotopic (exact) mass is 435 g/mol. The van der Waals surface area contributed by atoms with Crippen molar-refractivity contribution in [2.24, 2.45) is 0 Å². The number of ether oxygens (including phenoxy) is 1. The second kappa shape index (κ2) is 10.3. The molecule has 1 amide bonds. The summed E-state index contributed by atoms with van der Waals surface area (Å²) in [7, 11) is -2.52. The van der Waals surface area contributed by atoms with Crippen molar-refractivity contribution >= 4 is 33.2 Å². The van der Waals surface area contributed by atoms with Crippen molar-refractivity contribution in [1.29, 1.82) is 5.26 Å². The Morgan fingerprint density at radius 1 is 1.14 bits per heavy atom. The quantitative estimate of drug-likeness (QED) is 0.602. The molecule has 0 spiro atoms. The van der Waals surface area contributed by atoms with E-state index in [-0.39, 0.29) is 24.4 Å². The van der Waals surface area contributed by atoms with Gasteiger partial charge in [0.1, 0.15) is 5.75 Å².